The van der Waals surface area contributed by atoms with Crippen molar-refractivity contribution in [2.45, 2.75) is 18.8 Å². The first kappa shape index (κ1) is 6.53. The fourth-order valence-corrected chi connectivity index (χ4v) is 2.03. The Labute approximate surface area is 58.8 Å². The van der Waals surface area contributed by atoms with Crippen LogP contribution in [0.1, 0.15) is 12.8 Å². The molecule has 1 aliphatic carbocycles. The second-order valence-electron chi connectivity index (χ2n) is 3.30. The van der Waals surface area contributed by atoms with Crippen LogP contribution in [0.4, 0.5) is 8.78 Å². The summed E-state index contributed by atoms with van der Waals surface area (Å²) in [4.78, 5) is 0. The van der Waals surface area contributed by atoms with E-state index in [0.717, 1.165) is 0 Å². The summed E-state index contributed by atoms with van der Waals surface area (Å²) >= 11 is 0. The topological polar surface area (TPSA) is 12.0 Å². The van der Waals surface area contributed by atoms with Crippen LogP contribution in [-0.4, -0.2) is 19.0 Å². The Morgan fingerprint density at radius 1 is 1.10 bits per heavy atom. The predicted molar refractivity (Wildman–Crippen MR) is 34.0 cm³/mol. The van der Waals surface area contributed by atoms with Crippen molar-refractivity contribution in [3.05, 3.63) is 0 Å². The number of hydrogen-bond donors (Lipinski definition) is 1. The SMILES string of the molecule is FC1(F)[C@H]2CC[C@H]1CNC2. The number of piperidine rings is 1. The maximum Gasteiger partial charge on any atom is 0.256 e. The van der Waals surface area contributed by atoms with Gasteiger partial charge in [0.15, 0.2) is 0 Å². The Morgan fingerprint density at radius 2 is 1.60 bits per heavy atom. The van der Waals surface area contributed by atoms with Gasteiger partial charge in [-0.15, -0.1) is 0 Å². The Balaban J connectivity index is 2.21. The maximum atomic E-state index is 13.0. The van der Waals surface area contributed by atoms with Crippen LogP contribution < -0.4 is 5.32 Å². The zero-order chi connectivity index (χ0) is 7.19. The minimum Gasteiger partial charge on any atom is -0.316 e. The molecule has 1 nitrogen and oxygen atoms in total. The van der Waals surface area contributed by atoms with Crippen molar-refractivity contribution in [1.82, 2.24) is 5.32 Å². The maximum absolute atomic E-state index is 13.0. The second-order valence-corrected chi connectivity index (χ2v) is 3.30. The van der Waals surface area contributed by atoms with Crippen LogP contribution in [0.15, 0.2) is 0 Å². The van der Waals surface area contributed by atoms with Crippen LogP contribution in [0.3, 0.4) is 0 Å². The van der Waals surface area contributed by atoms with Crippen LogP contribution in [0.2, 0.25) is 0 Å². The molecule has 0 amide bonds. The molecule has 0 aromatic rings. The summed E-state index contributed by atoms with van der Waals surface area (Å²) in [5.74, 6) is -3.09. The highest BCUT2D eigenvalue weighted by molar-refractivity contribution is 4.97. The first-order chi connectivity index (χ1) is 4.71. The van der Waals surface area contributed by atoms with E-state index >= 15 is 0 Å². The standard InChI is InChI=1S/C7H11F2N/c8-7(9)5-1-2-6(7)4-10-3-5/h5-6,10H,1-4H2/t5-,6-/m0/s1. The van der Waals surface area contributed by atoms with E-state index in [0.29, 0.717) is 25.9 Å². The van der Waals surface area contributed by atoms with Gasteiger partial charge in [0.25, 0.3) is 5.92 Å². The average molecular weight is 147 g/mol. The van der Waals surface area contributed by atoms with E-state index in [4.69, 9.17) is 0 Å². The van der Waals surface area contributed by atoms with E-state index in [1.165, 1.54) is 0 Å². The van der Waals surface area contributed by atoms with Gasteiger partial charge in [0.2, 0.25) is 0 Å². The van der Waals surface area contributed by atoms with E-state index in [2.05, 4.69) is 5.32 Å². The molecule has 58 valence electrons. The van der Waals surface area contributed by atoms with Crippen molar-refractivity contribution in [2.75, 3.05) is 13.1 Å². The Hall–Kier alpha value is -0.180. The van der Waals surface area contributed by atoms with Crippen molar-refractivity contribution >= 4 is 0 Å². The molecule has 1 heterocycles. The molecule has 0 spiro atoms. The number of hydrogen-bond acceptors (Lipinski definition) is 1. The van der Waals surface area contributed by atoms with Gasteiger partial charge in [-0.1, -0.05) is 0 Å². The number of rotatable bonds is 0. The van der Waals surface area contributed by atoms with Gasteiger partial charge >= 0.3 is 0 Å². The molecule has 1 N–H and O–H groups in total. The molecule has 1 saturated carbocycles. The van der Waals surface area contributed by atoms with Gasteiger partial charge in [-0.25, -0.2) is 8.78 Å². The monoisotopic (exact) mass is 147 g/mol. The van der Waals surface area contributed by atoms with Gasteiger partial charge in [0.05, 0.1) is 0 Å². The van der Waals surface area contributed by atoms with E-state index < -0.39 is 5.92 Å². The third-order valence-electron chi connectivity index (χ3n) is 2.73. The predicted octanol–water partition coefficient (Wildman–Crippen LogP) is 1.25. The second kappa shape index (κ2) is 1.91. The van der Waals surface area contributed by atoms with Crippen LogP contribution in [-0.2, 0) is 0 Å². The quantitative estimate of drug-likeness (QED) is 0.543. The molecule has 0 unspecified atom stereocenters. The summed E-state index contributed by atoms with van der Waals surface area (Å²) in [7, 11) is 0. The lowest BCUT2D eigenvalue weighted by Gasteiger charge is -2.30. The van der Waals surface area contributed by atoms with Crippen LogP contribution >= 0.6 is 0 Å². The number of alkyl halides is 2. The molecule has 0 aromatic carbocycles. The fraction of sp³-hybridized carbons (Fsp3) is 1.00. The number of fused-ring (bicyclic) bond motifs is 2. The van der Waals surface area contributed by atoms with Gasteiger partial charge in [0.1, 0.15) is 0 Å². The van der Waals surface area contributed by atoms with Crippen molar-refractivity contribution in [2.24, 2.45) is 11.8 Å². The molecule has 0 radical (unpaired) electrons. The number of halogens is 2. The van der Waals surface area contributed by atoms with Crippen molar-refractivity contribution in [1.29, 1.82) is 0 Å². The number of nitrogens with one attached hydrogen (secondary N) is 1. The Morgan fingerprint density at radius 3 is 2.00 bits per heavy atom. The molecule has 1 saturated heterocycles. The van der Waals surface area contributed by atoms with Crippen LogP contribution in [0, 0.1) is 11.8 Å². The molecular formula is C7H11F2N. The Bertz CT molecular complexity index is 129. The van der Waals surface area contributed by atoms with Gasteiger partial charge in [-0.3, -0.25) is 0 Å². The van der Waals surface area contributed by atoms with Crippen molar-refractivity contribution in [3.63, 3.8) is 0 Å². The minimum absolute atomic E-state index is 0.369. The van der Waals surface area contributed by atoms with E-state index in [9.17, 15) is 8.78 Å². The Kier molecular flexibility index (Phi) is 1.24. The van der Waals surface area contributed by atoms with E-state index in [1.54, 1.807) is 0 Å². The summed E-state index contributed by atoms with van der Waals surface area (Å²) in [5, 5.41) is 3.02. The minimum atomic E-state index is -2.36. The highest BCUT2D eigenvalue weighted by Crippen LogP contribution is 2.46. The first-order valence-corrected chi connectivity index (χ1v) is 3.80. The molecule has 2 fully saturated rings. The molecular weight excluding hydrogens is 136 g/mol. The molecule has 2 rings (SSSR count). The lowest BCUT2D eigenvalue weighted by atomic mass is 9.96. The zero-order valence-corrected chi connectivity index (χ0v) is 5.74. The summed E-state index contributed by atoms with van der Waals surface area (Å²) in [5.41, 5.74) is 0. The molecule has 2 atom stereocenters. The largest absolute Gasteiger partial charge is 0.316 e. The third-order valence-corrected chi connectivity index (χ3v) is 2.73. The van der Waals surface area contributed by atoms with Gasteiger partial charge in [-0.05, 0) is 12.8 Å². The summed E-state index contributed by atoms with van der Waals surface area (Å²) in [6.07, 6.45) is 1.43. The first-order valence-electron chi connectivity index (χ1n) is 3.80. The fourth-order valence-electron chi connectivity index (χ4n) is 2.03. The third kappa shape index (κ3) is 0.698. The molecule has 2 bridgehead atoms. The van der Waals surface area contributed by atoms with Crippen LogP contribution in [0.25, 0.3) is 0 Å². The van der Waals surface area contributed by atoms with Crippen LogP contribution in [0.5, 0.6) is 0 Å². The zero-order valence-electron chi connectivity index (χ0n) is 5.74. The lowest BCUT2D eigenvalue weighted by molar-refractivity contribution is -0.0890. The molecule has 1 aliphatic heterocycles. The van der Waals surface area contributed by atoms with Gasteiger partial charge < -0.3 is 5.32 Å². The average Bonchev–Trinajstić information content (AvgIpc) is 2.17. The van der Waals surface area contributed by atoms with E-state index in [1.807, 2.05) is 0 Å². The normalized spacial score (nSPS) is 43.8. The summed E-state index contributed by atoms with van der Waals surface area (Å²) < 4.78 is 26.0. The highest BCUT2D eigenvalue weighted by Gasteiger charge is 2.53. The van der Waals surface area contributed by atoms with Crippen molar-refractivity contribution in [3.8, 4) is 0 Å². The van der Waals surface area contributed by atoms with Gasteiger partial charge in [-0.2, -0.15) is 0 Å². The van der Waals surface area contributed by atoms with Gasteiger partial charge in [0, 0.05) is 24.9 Å². The van der Waals surface area contributed by atoms with Crippen molar-refractivity contribution < 1.29 is 8.78 Å². The lowest BCUT2D eigenvalue weighted by Crippen LogP contribution is -2.46. The smallest absolute Gasteiger partial charge is 0.256 e. The summed E-state index contributed by atoms with van der Waals surface area (Å²) in [6, 6.07) is 0. The molecule has 3 heteroatoms. The molecule has 10 heavy (non-hydrogen) atoms. The highest BCUT2D eigenvalue weighted by atomic mass is 19.3. The molecule has 2 aliphatic rings. The van der Waals surface area contributed by atoms with E-state index in [-0.39, 0.29) is 11.8 Å². The molecule has 0 aromatic heterocycles. The summed E-state index contributed by atoms with van der Waals surface area (Å²) in [6.45, 7) is 1.03.